The Morgan fingerprint density at radius 3 is 2.55 bits per heavy atom. The molecule has 110 valence electrons. The minimum Gasteiger partial charge on any atom is -0.369 e. The SMILES string of the molecule is Cc1cccc(N2CCN(CC(=O)CCN)CC2)c1C. The van der Waals surface area contributed by atoms with Crippen molar-refractivity contribution in [1.29, 1.82) is 0 Å². The Kier molecular flexibility index (Phi) is 5.15. The van der Waals surface area contributed by atoms with Gasteiger partial charge in [0, 0.05) is 38.3 Å². The molecule has 0 spiro atoms. The van der Waals surface area contributed by atoms with Crippen molar-refractivity contribution in [3.05, 3.63) is 29.3 Å². The highest BCUT2D eigenvalue weighted by Crippen LogP contribution is 2.23. The number of carbonyl (C=O) groups excluding carboxylic acids is 1. The van der Waals surface area contributed by atoms with E-state index in [1.807, 2.05) is 0 Å². The molecule has 20 heavy (non-hydrogen) atoms. The molecule has 1 aromatic rings. The van der Waals surface area contributed by atoms with Gasteiger partial charge >= 0.3 is 0 Å². The largest absolute Gasteiger partial charge is 0.369 e. The number of anilines is 1. The number of Topliss-reactive ketones (excluding diaryl/α,β-unsaturated/α-hetero) is 1. The number of ketones is 1. The highest BCUT2D eigenvalue weighted by molar-refractivity contribution is 5.80. The number of nitrogens with two attached hydrogens (primary N) is 1. The molecule has 2 N–H and O–H groups in total. The lowest BCUT2D eigenvalue weighted by atomic mass is 10.1. The summed E-state index contributed by atoms with van der Waals surface area (Å²) in [4.78, 5) is 16.3. The van der Waals surface area contributed by atoms with Crippen LogP contribution >= 0.6 is 0 Å². The number of aryl methyl sites for hydroxylation is 1. The normalized spacial score (nSPS) is 16.4. The molecule has 1 aliphatic rings. The van der Waals surface area contributed by atoms with Gasteiger partial charge in [0.2, 0.25) is 0 Å². The van der Waals surface area contributed by atoms with Crippen LogP contribution < -0.4 is 10.6 Å². The monoisotopic (exact) mass is 275 g/mol. The molecule has 0 atom stereocenters. The molecule has 2 rings (SSSR count). The Balaban J connectivity index is 1.91. The zero-order chi connectivity index (χ0) is 14.5. The lowest BCUT2D eigenvalue weighted by molar-refractivity contribution is -0.120. The molecule has 0 saturated carbocycles. The molecule has 1 aliphatic heterocycles. The van der Waals surface area contributed by atoms with Crippen LogP contribution in [-0.2, 0) is 4.79 Å². The molecule has 1 aromatic carbocycles. The maximum absolute atomic E-state index is 11.6. The van der Waals surface area contributed by atoms with Crippen LogP contribution in [0, 0.1) is 13.8 Å². The zero-order valence-corrected chi connectivity index (χ0v) is 12.6. The first-order valence-corrected chi connectivity index (χ1v) is 7.37. The number of piperazine rings is 1. The molecule has 0 bridgehead atoms. The molecule has 0 radical (unpaired) electrons. The molecular weight excluding hydrogens is 250 g/mol. The predicted molar refractivity (Wildman–Crippen MR) is 83.2 cm³/mol. The van der Waals surface area contributed by atoms with E-state index in [0.29, 0.717) is 19.5 Å². The summed E-state index contributed by atoms with van der Waals surface area (Å²) in [5.74, 6) is 0.257. The number of hydrogen-bond donors (Lipinski definition) is 1. The molecule has 1 saturated heterocycles. The number of carbonyl (C=O) groups is 1. The molecule has 0 aliphatic carbocycles. The summed E-state index contributed by atoms with van der Waals surface area (Å²) in [7, 11) is 0. The third-order valence-electron chi connectivity index (χ3n) is 4.11. The Morgan fingerprint density at radius 1 is 1.20 bits per heavy atom. The van der Waals surface area contributed by atoms with Crippen LogP contribution in [0.3, 0.4) is 0 Å². The second-order valence-electron chi connectivity index (χ2n) is 5.56. The number of nitrogens with zero attached hydrogens (tertiary/aromatic N) is 2. The molecular formula is C16H25N3O. The van der Waals surface area contributed by atoms with Gasteiger partial charge in [-0.15, -0.1) is 0 Å². The Morgan fingerprint density at radius 2 is 1.90 bits per heavy atom. The summed E-state index contributed by atoms with van der Waals surface area (Å²) in [6.45, 7) is 9.22. The van der Waals surface area contributed by atoms with E-state index in [-0.39, 0.29) is 5.78 Å². The van der Waals surface area contributed by atoms with Crippen LogP contribution in [-0.4, -0.2) is 50.0 Å². The molecule has 0 unspecified atom stereocenters. The first kappa shape index (κ1) is 15.0. The van der Waals surface area contributed by atoms with Crippen molar-refractivity contribution in [1.82, 2.24) is 4.90 Å². The van der Waals surface area contributed by atoms with Gasteiger partial charge in [0.25, 0.3) is 0 Å². The predicted octanol–water partition coefficient (Wildman–Crippen LogP) is 1.34. The van der Waals surface area contributed by atoms with E-state index in [1.54, 1.807) is 0 Å². The average molecular weight is 275 g/mol. The van der Waals surface area contributed by atoms with Gasteiger partial charge in [-0.1, -0.05) is 12.1 Å². The van der Waals surface area contributed by atoms with Crippen molar-refractivity contribution < 1.29 is 4.79 Å². The van der Waals surface area contributed by atoms with Crippen molar-refractivity contribution in [2.24, 2.45) is 5.73 Å². The van der Waals surface area contributed by atoms with Crippen molar-refractivity contribution in [3.8, 4) is 0 Å². The molecule has 0 aromatic heterocycles. The molecule has 1 heterocycles. The van der Waals surface area contributed by atoms with E-state index in [2.05, 4.69) is 41.8 Å². The van der Waals surface area contributed by atoms with Gasteiger partial charge in [-0.2, -0.15) is 0 Å². The van der Waals surface area contributed by atoms with Crippen LogP contribution in [0.2, 0.25) is 0 Å². The zero-order valence-electron chi connectivity index (χ0n) is 12.6. The van der Waals surface area contributed by atoms with Gasteiger partial charge in [0.15, 0.2) is 0 Å². The summed E-state index contributed by atoms with van der Waals surface area (Å²) in [6, 6.07) is 6.47. The fourth-order valence-corrected chi connectivity index (χ4v) is 2.71. The summed E-state index contributed by atoms with van der Waals surface area (Å²) in [5.41, 5.74) is 9.44. The van der Waals surface area contributed by atoms with Crippen LogP contribution in [0.4, 0.5) is 5.69 Å². The van der Waals surface area contributed by atoms with Crippen molar-refractivity contribution in [2.45, 2.75) is 20.3 Å². The number of rotatable bonds is 5. The van der Waals surface area contributed by atoms with Crippen molar-refractivity contribution in [3.63, 3.8) is 0 Å². The molecule has 1 fully saturated rings. The van der Waals surface area contributed by atoms with E-state index in [9.17, 15) is 4.79 Å². The first-order chi connectivity index (χ1) is 9.61. The lowest BCUT2D eigenvalue weighted by Crippen LogP contribution is -2.48. The van der Waals surface area contributed by atoms with Crippen LogP contribution in [0.1, 0.15) is 17.5 Å². The standard InChI is InChI=1S/C16H25N3O/c1-13-4-3-5-16(14(13)2)19-10-8-18(9-11-19)12-15(20)6-7-17/h3-5H,6-12,17H2,1-2H3. The van der Waals surface area contributed by atoms with Crippen LogP contribution in [0.15, 0.2) is 18.2 Å². The van der Waals surface area contributed by atoms with Gasteiger partial charge in [-0.3, -0.25) is 9.69 Å². The van der Waals surface area contributed by atoms with Crippen molar-refractivity contribution >= 4 is 11.5 Å². The Bertz CT molecular complexity index is 465. The highest BCUT2D eigenvalue weighted by atomic mass is 16.1. The maximum atomic E-state index is 11.6. The lowest BCUT2D eigenvalue weighted by Gasteiger charge is -2.36. The van der Waals surface area contributed by atoms with Gasteiger partial charge in [-0.05, 0) is 37.6 Å². The molecule has 4 heteroatoms. The first-order valence-electron chi connectivity index (χ1n) is 7.37. The Labute approximate surface area is 121 Å². The summed E-state index contributed by atoms with van der Waals surface area (Å²) >= 11 is 0. The minimum absolute atomic E-state index is 0.257. The van der Waals surface area contributed by atoms with Gasteiger partial charge in [0.05, 0.1) is 6.54 Å². The van der Waals surface area contributed by atoms with E-state index in [4.69, 9.17) is 5.73 Å². The van der Waals surface area contributed by atoms with Gasteiger partial charge in [-0.25, -0.2) is 0 Å². The van der Waals surface area contributed by atoms with Gasteiger partial charge < -0.3 is 10.6 Å². The summed E-state index contributed by atoms with van der Waals surface area (Å²) in [5, 5.41) is 0. The topological polar surface area (TPSA) is 49.6 Å². The second kappa shape index (κ2) is 6.86. The van der Waals surface area contributed by atoms with Crippen LogP contribution in [0.5, 0.6) is 0 Å². The average Bonchev–Trinajstić information content (AvgIpc) is 2.43. The summed E-state index contributed by atoms with van der Waals surface area (Å²) in [6.07, 6.45) is 0.497. The maximum Gasteiger partial charge on any atom is 0.148 e. The van der Waals surface area contributed by atoms with Crippen LogP contribution in [0.25, 0.3) is 0 Å². The molecule has 4 nitrogen and oxygen atoms in total. The van der Waals surface area contributed by atoms with E-state index < -0.39 is 0 Å². The number of benzene rings is 1. The number of hydrogen-bond acceptors (Lipinski definition) is 4. The minimum atomic E-state index is 0.257. The quantitative estimate of drug-likeness (QED) is 0.881. The fraction of sp³-hybridized carbons (Fsp3) is 0.562. The summed E-state index contributed by atoms with van der Waals surface area (Å²) < 4.78 is 0. The van der Waals surface area contributed by atoms with Gasteiger partial charge in [0.1, 0.15) is 5.78 Å². The third kappa shape index (κ3) is 3.58. The van der Waals surface area contributed by atoms with Crippen molar-refractivity contribution in [2.75, 3.05) is 44.2 Å². The molecule has 0 amide bonds. The smallest absolute Gasteiger partial charge is 0.148 e. The van der Waals surface area contributed by atoms with E-state index >= 15 is 0 Å². The van der Waals surface area contributed by atoms with E-state index in [1.165, 1.54) is 16.8 Å². The van der Waals surface area contributed by atoms with E-state index in [0.717, 1.165) is 26.2 Å². The Hall–Kier alpha value is -1.39. The highest BCUT2D eigenvalue weighted by Gasteiger charge is 2.20. The fourth-order valence-electron chi connectivity index (χ4n) is 2.71. The third-order valence-corrected chi connectivity index (χ3v) is 4.11. The second-order valence-corrected chi connectivity index (χ2v) is 5.56.